The number of hydrogen-bond acceptors (Lipinski definition) is 5. The molecule has 0 aliphatic rings. The average Bonchev–Trinajstić information content (AvgIpc) is 3.24. The summed E-state index contributed by atoms with van der Waals surface area (Å²) in [5.74, 6) is -0.902. The molecule has 0 spiro atoms. The molecule has 0 fully saturated rings. The van der Waals surface area contributed by atoms with Gasteiger partial charge in [-0.05, 0) is 29.5 Å². The van der Waals surface area contributed by atoms with Crippen LogP contribution in [-0.4, -0.2) is 30.4 Å². The van der Waals surface area contributed by atoms with E-state index in [1.54, 1.807) is 42.9 Å². The Morgan fingerprint density at radius 2 is 2.00 bits per heavy atom. The number of halogens is 1. The van der Waals surface area contributed by atoms with E-state index in [4.69, 9.17) is 0 Å². The van der Waals surface area contributed by atoms with Crippen molar-refractivity contribution in [2.45, 2.75) is 26.9 Å². The van der Waals surface area contributed by atoms with Gasteiger partial charge in [0.2, 0.25) is 5.91 Å². The summed E-state index contributed by atoms with van der Waals surface area (Å²) in [6, 6.07) is 9.13. The minimum Gasteiger partial charge on any atom is -0.358 e. The van der Waals surface area contributed by atoms with Crippen molar-refractivity contribution in [1.82, 2.24) is 19.6 Å². The predicted octanol–water partition coefficient (Wildman–Crippen LogP) is 2.76. The normalized spacial score (nSPS) is 12.0. The van der Waals surface area contributed by atoms with Crippen molar-refractivity contribution in [3.05, 3.63) is 69.8 Å². The SMILES string of the molecule is Cc1cc([N+](=O)[O-])nn1CC(C)C(=O)Nc1ccn(Cc2ccc(F)cc2)n1. The molecule has 1 amide bonds. The van der Waals surface area contributed by atoms with Gasteiger partial charge in [0.1, 0.15) is 5.82 Å². The van der Waals surface area contributed by atoms with Crippen LogP contribution in [0.15, 0.2) is 42.6 Å². The van der Waals surface area contributed by atoms with Gasteiger partial charge in [0.05, 0.1) is 35.9 Å². The topological polar surface area (TPSA) is 108 Å². The van der Waals surface area contributed by atoms with Crippen LogP contribution in [0.1, 0.15) is 18.2 Å². The van der Waals surface area contributed by atoms with E-state index in [1.807, 2.05) is 0 Å². The fraction of sp³-hybridized carbons (Fsp3) is 0.278. The molecule has 1 N–H and O–H groups in total. The molecule has 9 nitrogen and oxygen atoms in total. The molecule has 0 saturated carbocycles. The quantitative estimate of drug-likeness (QED) is 0.496. The van der Waals surface area contributed by atoms with Gasteiger partial charge in [-0.1, -0.05) is 19.1 Å². The molecule has 3 aromatic rings. The van der Waals surface area contributed by atoms with E-state index in [1.165, 1.54) is 22.9 Å². The molecule has 0 aliphatic carbocycles. The van der Waals surface area contributed by atoms with Crippen molar-refractivity contribution in [3.8, 4) is 0 Å². The summed E-state index contributed by atoms with van der Waals surface area (Å²) >= 11 is 0. The molecule has 0 bridgehead atoms. The van der Waals surface area contributed by atoms with Crippen LogP contribution in [0.25, 0.3) is 0 Å². The summed E-state index contributed by atoms with van der Waals surface area (Å²) in [7, 11) is 0. The highest BCUT2D eigenvalue weighted by Crippen LogP contribution is 2.14. The highest BCUT2D eigenvalue weighted by atomic mass is 19.1. The second-order valence-electron chi connectivity index (χ2n) is 6.50. The summed E-state index contributed by atoms with van der Waals surface area (Å²) in [4.78, 5) is 22.6. The maximum absolute atomic E-state index is 13.0. The molecule has 0 saturated heterocycles. The van der Waals surface area contributed by atoms with Gasteiger partial charge in [0, 0.05) is 12.3 Å². The molecule has 1 unspecified atom stereocenters. The van der Waals surface area contributed by atoms with Gasteiger partial charge in [0.15, 0.2) is 5.82 Å². The number of amides is 1. The fourth-order valence-electron chi connectivity index (χ4n) is 2.65. The van der Waals surface area contributed by atoms with E-state index in [2.05, 4.69) is 15.5 Å². The third-order valence-electron chi connectivity index (χ3n) is 4.20. The standard InChI is InChI=1S/C18H19FN6O3/c1-12(10-24-13(2)9-17(22-24)25(27)28)18(26)20-16-7-8-23(21-16)11-14-3-5-15(19)6-4-14/h3-9,12H,10-11H2,1-2H3,(H,20,21,26). The van der Waals surface area contributed by atoms with Crippen LogP contribution in [-0.2, 0) is 17.9 Å². The van der Waals surface area contributed by atoms with E-state index in [0.29, 0.717) is 18.1 Å². The lowest BCUT2D eigenvalue weighted by atomic mass is 10.1. The molecule has 1 aromatic carbocycles. The Bertz CT molecular complexity index is 995. The van der Waals surface area contributed by atoms with Crippen LogP contribution >= 0.6 is 0 Å². The van der Waals surface area contributed by atoms with Crippen molar-refractivity contribution in [3.63, 3.8) is 0 Å². The summed E-state index contributed by atoms with van der Waals surface area (Å²) < 4.78 is 16.0. The van der Waals surface area contributed by atoms with Crippen LogP contribution in [0, 0.1) is 28.8 Å². The molecular formula is C18H19FN6O3. The molecular weight excluding hydrogens is 367 g/mol. The van der Waals surface area contributed by atoms with E-state index in [-0.39, 0.29) is 24.1 Å². The number of anilines is 1. The Hall–Kier alpha value is -3.56. The van der Waals surface area contributed by atoms with Crippen molar-refractivity contribution in [2.75, 3.05) is 5.32 Å². The number of nitro groups is 1. The monoisotopic (exact) mass is 386 g/mol. The van der Waals surface area contributed by atoms with Gasteiger partial charge in [-0.15, -0.1) is 0 Å². The van der Waals surface area contributed by atoms with Gasteiger partial charge in [-0.2, -0.15) is 9.78 Å². The van der Waals surface area contributed by atoms with Crippen LogP contribution in [0.4, 0.5) is 16.0 Å². The minimum atomic E-state index is -0.567. The first-order valence-corrected chi connectivity index (χ1v) is 8.59. The molecule has 3 rings (SSSR count). The van der Waals surface area contributed by atoms with E-state index < -0.39 is 10.8 Å². The number of nitrogens with one attached hydrogen (secondary N) is 1. The van der Waals surface area contributed by atoms with Gasteiger partial charge in [-0.25, -0.2) is 4.39 Å². The zero-order valence-corrected chi connectivity index (χ0v) is 15.4. The van der Waals surface area contributed by atoms with Crippen molar-refractivity contribution in [2.24, 2.45) is 5.92 Å². The van der Waals surface area contributed by atoms with E-state index >= 15 is 0 Å². The number of carbonyl (C=O) groups excluding carboxylic acids is 1. The van der Waals surface area contributed by atoms with Crippen LogP contribution in [0.3, 0.4) is 0 Å². The zero-order chi connectivity index (χ0) is 20.3. The second-order valence-corrected chi connectivity index (χ2v) is 6.50. The molecule has 1 atom stereocenters. The first-order chi connectivity index (χ1) is 13.3. The Balaban J connectivity index is 1.59. The summed E-state index contributed by atoms with van der Waals surface area (Å²) in [6.07, 6.45) is 1.71. The van der Waals surface area contributed by atoms with Gasteiger partial charge >= 0.3 is 5.82 Å². The van der Waals surface area contributed by atoms with Gasteiger partial charge in [0.25, 0.3) is 0 Å². The first-order valence-electron chi connectivity index (χ1n) is 8.59. The zero-order valence-electron chi connectivity index (χ0n) is 15.4. The highest BCUT2D eigenvalue weighted by molar-refractivity contribution is 5.91. The molecule has 0 radical (unpaired) electrons. The summed E-state index contributed by atoms with van der Waals surface area (Å²) in [5.41, 5.74) is 1.49. The number of benzene rings is 1. The maximum atomic E-state index is 13.0. The number of aromatic nitrogens is 4. The molecule has 10 heteroatoms. The fourth-order valence-corrected chi connectivity index (χ4v) is 2.65. The third kappa shape index (κ3) is 4.58. The van der Waals surface area contributed by atoms with Crippen molar-refractivity contribution < 1.29 is 14.1 Å². The summed E-state index contributed by atoms with van der Waals surface area (Å²) in [6.45, 7) is 4.06. The summed E-state index contributed by atoms with van der Waals surface area (Å²) in [5, 5.41) is 21.7. The average molecular weight is 386 g/mol. The maximum Gasteiger partial charge on any atom is 0.390 e. The van der Waals surface area contributed by atoms with Gasteiger partial charge < -0.3 is 15.4 Å². The highest BCUT2D eigenvalue weighted by Gasteiger charge is 2.21. The molecule has 0 aliphatic heterocycles. The number of aryl methyl sites for hydroxylation is 1. The number of rotatable bonds is 7. The largest absolute Gasteiger partial charge is 0.390 e. The second kappa shape index (κ2) is 7.99. The number of hydrogen-bond donors (Lipinski definition) is 1. The van der Waals surface area contributed by atoms with E-state index in [0.717, 1.165) is 5.56 Å². The Morgan fingerprint density at radius 1 is 1.29 bits per heavy atom. The lowest BCUT2D eigenvalue weighted by Gasteiger charge is -2.10. The van der Waals surface area contributed by atoms with E-state index in [9.17, 15) is 19.3 Å². The molecule has 146 valence electrons. The lowest BCUT2D eigenvalue weighted by Crippen LogP contribution is -2.25. The molecule has 2 aromatic heterocycles. The minimum absolute atomic E-state index is 0.210. The van der Waals surface area contributed by atoms with Crippen LogP contribution in [0.5, 0.6) is 0 Å². The lowest BCUT2D eigenvalue weighted by molar-refractivity contribution is -0.389. The number of nitrogens with zero attached hydrogens (tertiary/aromatic N) is 5. The smallest absolute Gasteiger partial charge is 0.358 e. The predicted molar refractivity (Wildman–Crippen MR) is 99.1 cm³/mol. The van der Waals surface area contributed by atoms with Crippen LogP contribution < -0.4 is 5.32 Å². The van der Waals surface area contributed by atoms with Crippen molar-refractivity contribution >= 4 is 17.5 Å². The van der Waals surface area contributed by atoms with Gasteiger partial charge in [-0.3, -0.25) is 9.48 Å². The number of carbonyl (C=O) groups is 1. The first kappa shape index (κ1) is 19.2. The van der Waals surface area contributed by atoms with Crippen molar-refractivity contribution in [1.29, 1.82) is 0 Å². The Labute approximate surface area is 159 Å². The molecule has 2 heterocycles. The Morgan fingerprint density at radius 3 is 2.64 bits per heavy atom. The molecule has 28 heavy (non-hydrogen) atoms. The Kier molecular flexibility index (Phi) is 5.48. The van der Waals surface area contributed by atoms with Crippen LogP contribution in [0.2, 0.25) is 0 Å². The third-order valence-corrected chi connectivity index (χ3v) is 4.20.